The van der Waals surface area contributed by atoms with Crippen LogP contribution >= 0.6 is 0 Å². The fourth-order valence-corrected chi connectivity index (χ4v) is 1.86. The maximum absolute atomic E-state index is 12.2. The van der Waals surface area contributed by atoms with Crippen LogP contribution in [0.2, 0.25) is 0 Å². The van der Waals surface area contributed by atoms with Crippen LogP contribution in [-0.2, 0) is 4.79 Å². The highest BCUT2D eigenvalue weighted by Gasteiger charge is 2.15. The van der Waals surface area contributed by atoms with E-state index in [0.29, 0.717) is 16.8 Å². The number of nitro benzene ring substituents is 1. The molecule has 2 aromatic carbocycles. The van der Waals surface area contributed by atoms with Crippen LogP contribution in [0.1, 0.15) is 5.56 Å². The van der Waals surface area contributed by atoms with Crippen molar-refractivity contribution in [1.82, 2.24) is 0 Å². The number of amides is 1. The maximum atomic E-state index is 12.2. The fraction of sp³-hybridized carbons (Fsp3) is 0.0625. The van der Waals surface area contributed by atoms with Crippen molar-refractivity contribution in [2.45, 2.75) is 0 Å². The van der Waals surface area contributed by atoms with E-state index in [1.54, 1.807) is 24.3 Å². The Labute approximate surface area is 127 Å². The number of benzene rings is 2. The zero-order valence-electron chi connectivity index (χ0n) is 11.9. The minimum Gasteiger partial charge on any atom is -0.494 e. The lowest BCUT2D eigenvalue weighted by molar-refractivity contribution is -0.384. The molecule has 1 amide bonds. The van der Waals surface area contributed by atoms with E-state index in [0.717, 1.165) is 0 Å². The lowest BCUT2D eigenvalue weighted by atomic mass is 10.1. The SMILES string of the molecule is C=C(C(=O)Nc1ccc([N+](=O)[O-])cc1OC)c1ccccc1. The van der Waals surface area contributed by atoms with Crippen molar-refractivity contribution in [3.63, 3.8) is 0 Å². The normalized spacial score (nSPS) is 9.86. The number of methoxy groups -OCH3 is 1. The number of non-ortho nitro benzene ring substituents is 1. The van der Waals surface area contributed by atoms with Gasteiger partial charge in [-0.25, -0.2) is 0 Å². The van der Waals surface area contributed by atoms with E-state index in [1.807, 2.05) is 6.07 Å². The van der Waals surface area contributed by atoms with E-state index in [4.69, 9.17) is 4.74 Å². The molecule has 0 saturated heterocycles. The Kier molecular flexibility index (Phi) is 4.53. The van der Waals surface area contributed by atoms with Crippen molar-refractivity contribution in [2.24, 2.45) is 0 Å². The molecular weight excluding hydrogens is 284 g/mol. The molecule has 0 radical (unpaired) electrons. The van der Waals surface area contributed by atoms with E-state index >= 15 is 0 Å². The van der Waals surface area contributed by atoms with Gasteiger partial charge in [0.15, 0.2) is 0 Å². The second-order valence-electron chi connectivity index (χ2n) is 4.44. The summed E-state index contributed by atoms with van der Waals surface area (Å²) in [4.78, 5) is 22.4. The average molecular weight is 298 g/mol. The summed E-state index contributed by atoms with van der Waals surface area (Å²) in [5.74, 6) is -0.193. The summed E-state index contributed by atoms with van der Waals surface area (Å²) in [6.07, 6.45) is 0. The predicted molar refractivity (Wildman–Crippen MR) is 83.8 cm³/mol. The molecule has 22 heavy (non-hydrogen) atoms. The van der Waals surface area contributed by atoms with Crippen molar-refractivity contribution < 1.29 is 14.5 Å². The third-order valence-electron chi connectivity index (χ3n) is 3.04. The van der Waals surface area contributed by atoms with E-state index in [2.05, 4.69) is 11.9 Å². The second-order valence-corrected chi connectivity index (χ2v) is 4.44. The predicted octanol–water partition coefficient (Wildman–Crippen LogP) is 3.26. The van der Waals surface area contributed by atoms with Crippen LogP contribution in [0.15, 0.2) is 55.1 Å². The van der Waals surface area contributed by atoms with Crippen LogP contribution in [0.3, 0.4) is 0 Å². The molecule has 0 aliphatic rings. The molecule has 0 aromatic heterocycles. The van der Waals surface area contributed by atoms with E-state index in [-0.39, 0.29) is 11.4 Å². The number of rotatable bonds is 5. The summed E-state index contributed by atoms with van der Waals surface area (Å²) in [6.45, 7) is 3.76. The van der Waals surface area contributed by atoms with Crippen LogP contribution in [0.5, 0.6) is 5.75 Å². The topological polar surface area (TPSA) is 81.5 Å². The first-order valence-electron chi connectivity index (χ1n) is 6.41. The van der Waals surface area contributed by atoms with Gasteiger partial charge in [0.2, 0.25) is 0 Å². The molecule has 0 aliphatic heterocycles. The summed E-state index contributed by atoms with van der Waals surface area (Å²) in [5.41, 5.74) is 1.22. The first-order valence-corrected chi connectivity index (χ1v) is 6.41. The minimum absolute atomic E-state index is 0.114. The van der Waals surface area contributed by atoms with Gasteiger partial charge in [-0.15, -0.1) is 0 Å². The molecule has 1 N–H and O–H groups in total. The molecule has 112 valence electrons. The Morgan fingerprint density at radius 2 is 1.91 bits per heavy atom. The van der Waals surface area contributed by atoms with Crippen LogP contribution in [0.25, 0.3) is 5.57 Å². The van der Waals surface area contributed by atoms with Crippen LogP contribution in [0.4, 0.5) is 11.4 Å². The van der Waals surface area contributed by atoms with Crippen molar-refractivity contribution in [3.05, 3.63) is 70.8 Å². The molecule has 0 atom stereocenters. The Balaban J connectivity index is 2.21. The quantitative estimate of drug-likeness (QED) is 0.522. The fourth-order valence-electron chi connectivity index (χ4n) is 1.86. The number of ether oxygens (including phenoxy) is 1. The number of hydrogen-bond acceptors (Lipinski definition) is 4. The monoisotopic (exact) mass is 298 g/mol. The molecule has 0 bridgehead atoms. The Hall–Kier alpha value is -3.15. The molecule has 0 aliphatic carbocycles. The van der Waals surface area contributed by atoms with Gasteiger partial charge >= 0.3 is 0 Å². The standard InChI is InChI=1S/C16H14N2O4/c1-11(12-6-4-3-5-7-12)16(19)17-14-9-8-13(18(20)21)10-15(14)22-2/h3-10H,1H2,2H3,(H,17,19). The lowest BCUT2D eigenvalue weighted by Gasteiger charge is -2.11. The molecule has 0 unspecified atom stereocenters. The third kappa shape index (κ3) is 3.29. The van der Waals surface area contributed by atoms with Gasteiger partial charge in [0.1, 0.15) is 5.75 Å². The molecule has 0 spiro atoms. The number of nitrogens with one attached hydrogen (secondary N) is 1. The number of carbonyl (C=O) groups is 1. The largest absolute Gasteiger partial charge is 0.494 e. The molecule has 2 rings (SSSR count). The molecule has 6 nitrogen and oxygen atoms in total. The Morgan fingerprint density at radius 3 is 2.50 bits per heavy atom. The summed E-state index contributed by atoms with van der Waals surface area (Å²) < 4.78 is 5.07. The first kappa shape index (κ1) is 15.2. The second kappa shape index (κ2) is 6.53. The molecule has 0 heterocycles. The minimum atomic E-state index is -0.531. The number of carbonyl (C=O) groups excluding carboxylic acids is 1. The van der Waals surface area contributed by atoms with Crippen molar-refractivity contribution in [3.8, 4) is 5.75 Å². The van der Waals surface area contributed by atoms with Crippen LogP contribution in [0, 0.1) is 10.1 Å². The Morgan fingerprint density at radius 1 is 1.23 bits per heavy atom. The number of nitro groups is 1. The van der Waals surface area contributed by atoms with Crippen molar-refractivity contribution in [1.29, 1.82) is 0 Å². The van der Waals surface area contributed by atoms with Crippen molar-refractivity contribution in [2.75, 3.05) is 12.4 Å². The summed E-state index contributed by atoms with van der Waals surface area (Å²) in [7, 11) is 1.38. The molecular formula is C16H14N2O4. The van der Waals surface area contributed by atoms with E-state index in [1.165, 1.54) is 25.3 Å². The number of nitrogens with zero attached hydrogens (tertiary/aromatic N) is 1. The zero-order chi connectivity index (χ0) is 16.1. The highest BCUT2D eigenvalue weighted by atomic mass is 16.6. The van der Waals surface area contributed by atoms with Gasteiger partial charge in [-0.2, -0.15) is 0 Å². The van der Waals surface area contributed by atoms with E-state index in [9.17, 15) is 14.9 Å². The smallest absolute Gasteiger partial charge is 0.273 e. The summed E-state index contributed by atoms with van der Waals surface area (Å²) in [6, 6.07) is 13.0. The van der Waals surface area contributed by atoms with Gasteiger partial charge in [-0.3, -0.25) is 14.9 Å². The lowest BCUT2D eigenvalue weighted by Crippen LogP contribution is -2.13. The molecule has 2 aromatic rings. The van der Waals surface area contributed by atoms with E-state index < -0.39 is 10.8 Å². The molecule has 6 heteroatoms. The van der Waals surface area contributed by atoms with Gasteiger partial charge in [-0.1, -0.05) is 36.9 Å². The summed E-state index contributed by atoms with van der Waals surface area (Å²) in [5, 5.41) is 13.4. The maximum Gasteiger partial charge on any atom is 0.273 e. The van der Waals surface area contributed by atoms with Gasteiger partial charge in [-0.05, 0) is 11.6 Å². The summed E-state index contributed by atoms with van der Waals surface area (Å²) >= 11 is 0. The number of hydrogen-bond donors (Lipinski definition) is 1. The van der Waals surface area contributed by atoms with Gasteiger partial charge in [0, 0.05) is 11.6 Å². The Bertz CT molecular complexity index is 726. The van der Waals surface area contributed by atoms with Gasteiger partial charge < -0.3 is 10.1 Å². The average Bonchev–Trinajstić information content (AvgIpc) is 2.55. The number of anilines is 1. The van der Waals surface area contributed by atoms with Crippen LogP contribution < -0.4 is 10.1 Å². The van der Waals surface area contributed by atoms with Gasteiger partial charge in [0.25, 0.3) is 11.6 Å². The highest BCUT2D eigenvalue weighted by molar-refractivity contribution is 6.24. The molecule has 0 saturated carbocycles. The highest BCUT2D eigenvalue weighted by Crippen LogP contribution is 2.29. The van der Waals surface area contributed by atoms with Crippen LogP contribution in [-0.4, -0.2) is 17.9 Å². The van der Waals surface area contributed by atoms with Crippen molar-refractivity contribution >= 4 is 22.9 Å². The zero-order valence-corrected chi connectivity index (χ0v) is 11.9. The first-order chi connectivity index (χ1) is 10.5. The third-order valence-corrected chi connectivity index (χ3v) is 3.04. The molecule has 0 fully saturated rings. The van der Waals surface area contributed by atoms with Gasteiger partial charge in [0.05, 0.1) is 23.8 Å².